The fourth-order valence-corrected chi connectivity index (χ4v) is 3.92. The quantitative estimate of drug-likeness (QED) is 0.813. The lowest BCUT2D eigenvalue weighted by Crippen LogP contribution is -2.41. The van der Waals surface area contributed by atoms with Crippen LogP contribution in [0.2, 0.25) is 0 Å². The van der Waals surface area contributed by atoms with Gasteiger partial charge in [0.05, 0.1) is 18.4 Å². The number of carbonyl (C=O) groups excluding carboxylic acids is 1. The molecule has 2 aromatic rings. The van der Waals surface area contributed by atoms with Crippen molar-refractivity contribution in [2.45, 2.75) is 45.2 Å². The number of amides is 1. The van der Waals surface area contributed by atoms with Crippen LogP contribution in [0.4, 0.5) is 8.78 Å². The minimum atomic E-state index is -0.827. The van der Waals surface area contributed by atoms with E-state index < -0.39 is 23.4 Å². The Balaban J connectivity index is 1.64. The highest BCUT2D eigenvalue weighted by molar-refractivity contribution is 5.81. The third-order valence-corrected chi connectivity index (χ3v) is 5.33. The van der Waals surface area contributed by atoms with Gasteiger partial charge in [0.25, 0.3) is 0 Å². The number of rotatable bonds is 3. The van der Waals surface area contributed by atoms with Crippen LogP contribution in [-0.4, -0.2) is 43.2 Å². The van der Waals surface area contributed by atoms with Crippen LogP contribution in [0.5, 0.6) is 0 Å². The first-order chi connectivity index (χ1) is 12.9. The van der Waals surface area contributed by atoms with Crippen molar-refractivity contribution in [1.82, 2.24) is 24.2 Å². The van der Waals surface area contributed by atoms with E-state index in [9.17, 15) is 18.4 Å². The Labute approximate surface area is 154 Å². The summed E-state index contributed by atoms with van der Waals surface area (Å²) in [4.78, 5) is 31.3. The molecule has 9 heteroatoms. The molecule has 1 fully saturated rings. The molecule has 0 bridgehead atoms. The van der Waals surface area contributed by atoms with Crippen molar-refractivity contribution >= 4 is 5.91 Å². The zero-order chi connectivity index (χ0) is 19.1. The minimum absolute atomic E-state index is 0.0481. The molecule has 2 atom stereocenters. The van der Waals surface area contributed by atoms with Crippen LogP contribution in [-0.2, 0) is 17.8 Å². The number of fused-ring (bicyclic) bond motifs is 1. The molecule has 27 heavy (non-hydrogen) atoms. The van der Waals surface area contributed by atoms with Gasteiger partial charge in [-0.05, 0) is 25.2 Å². The highest BCUT2D eigenvalue weighted by atomic mass is 19.1. The van der Waals surface area contributed by atoms with Crippen molar-refractivity contribution in [3.05, 3.63) is 45.9 Å². The number of likely N-dealkylation sites (tertiary alicyclic amines) is 1. The zero-order valence-corrected chi connectivity index (χ0v) is 15.1. The van der Waals surface area contributed by atoms with Crippen LogP contribution in [0.3, 0.4) is 0 Å². The molecule has 0 unspecified atom stereocenters. The van der Waals surface area contributed by atoms with Gasteiger partial charge < -0.3 is 4.90 Å². The van der Waals surface area contributed by atoms with Crippen LogP contribution >= 0.6 is 0 Å². The Bertz CT molecular complexity index is 938. The van der Waals surface area contributed by atoms with Crippen molar-refractivity contribution in [2.75, 3.05) is 13.1 Å². The van der Waals surface area contributed by atoms with E-state index in [-0.39, 0.29) is 18.1 Å². The fourth-order valence-electron chi connectivity index (χ4n) is 3.92. The molecular formula is C18H21F2N5O2. The third-order valence-electron chi connectivity index (χ3n) is 5.33. The lowest BCUT2D eigenvalue weighted by Gasteiger charge is -2.27. The molecular weight excluding hydrogens is 356 g/mol. The maximum atomic E-state index is 13.9. The number of carbonyl (C=O) groups is 1. The smallest absolute Gasteiger partial charge is 0.341 e. The van der Waals surface area contributed by atoms with Crippen molar-refractivity contribution in [1.29, 1.82) is 0 Å². The third kappa shape index (κ3) is 3.26. The van der Waals surface area contributed by atoms with E-state index in [4.69, 9.17) is 0 Å². The average molecular weight is 377 g/mol. The number of halogens is 2. The summed E-state index contributed by atoms with van der Waals surface area (Å²) < 4.78 is 29.5. The maximum absolute atomic E-state index is 13.9. The molecule has 0 spiro atoms. The highest BCUT2D eigenvalue weighted by Gasteiger charge is 2.35. The summed E-state index contributed by atoms with van der Waals surface area (Å²) >= 11 is 0. The normalized spacial score (nSPS) is 22.1. The number of aryl methyl sites for hydroxylation is 1. The van der Waals surface area contributed by atoms with E-state index in [0.29, 0.717) is 37.7 Å². The predicted molar refractivity (Wildman–Crippen MR) is 92.1 cm³/mol. The number of pyridine rings is 1. The van der Waals surface area contributed by atoms with E-state index >= 15 is 0 Å². The number of aromatic nitrogens is 4. The summed E-state index contributed by atoms with van der Waals surface area (Å²) in [6.45, 7) is 3.32. The molecule has 2 aromatic heterocycles. The topological polar surface area (TPSA) is 73.0 Å². The Morgan fingerprint density at radius 1 is 1.33 bits per heavy atom. The van der Waals surface area contributed by atoms with Gasteiger partial charge in [-0.2, -0.15) is 5.10 Å². The summed E-state index contributed by atoms with van der Waals surface area (Å²) in [5.74, 6) is -0.666. The SMILES string of the molecule is C[C@H]1CCN(C(=O)[C@@H]2CCCc3nn(Cc4ncc(F)cc4F)c(=O)n32)C1. The summed E-state index contributed by atoms with van der Waals surface area (Å²) in [6.07, 6.45) is 3.81. The van der Waals surface area contributed by atoms with Gasteiger partial charge in [0, 0.05) is 25.6 Å². The first-order valence-electron chi connectivity index (χ1n) is 9.21. The average Bonchev–Trinajstić information content (AvgIpc) is 3.21. The molecule has 0 N–H and O–H groups in total. The van der Waals surface area contributed by atoms with Gasteiger partial charge in [-0.3, -0.25) is 14.3 Å². The summed E-state index contributed by atoms with van der Waals surface area (Å²) in [5, 5.41) is 4.28. The first kappa shape index (κ1) is 17.8. The van der Waals surface area contributed by atoms with Gasteiger partial charge in [-0.1, -0.05) is 6.92 Å². The zero-order valence-electron chi connectivity index (χ0n) is 15.1. The fraction of sp³-hybridized carbons (Fsp3) is 0.556. The van der Waals surface area contributed by atoms with Crippen LogP contribution < -0.4 is 5.69 Å². The molecule has 0 aromatic carbocycles. The van der Waals surface area contributed by atoms with Crippen LogP contribution in [0.15, 0.2) is 17.1 Å². The second-order valence-corrected chi connectivity index (χ2v) is 7.39. The second-order valence-electron chi connectivity index (χ2n) is 7.39. The van der Waals surface area contributed by atoms with Crippen LogP contribution in [0, 0.1) is 17.6 Å². The number of hydrogen-bond acceptors (Lipinski definition) is 4. The van der Waals surface area contributed by atoms with E-state index in [1.165, 1.54) is 4.57 Å². The first-order valence-corrected chi connectivity index (χ1v) is 9.21. The van der Waals surface area contributed by atoms with Crippen molar-refractivity contribution in [2.24, 2.45) is 5.92 Å². The highest BCUT2D eigenvalue weighted by Crippen LogP contribution is 2.26. The van der Waals surface area contributed by atoms with E-state index in [1.54, 1.807) is 0 Å². The lowest BCUT2D eigenvalue weighted by atomic mass is 10.0. The molecule has 0 aliphatic carbocycles. The largest absolute Gasteiger partial charge is 0.347 e. The van der Waals surface area contributed by atoms with Crippen molar-refractivity contribution in [3.63, 3.8) is 0 Å². The summed E-state index contributed by atoms with van der Waals surface area (Å²) in [5.41, 5.74) is -0.522. The van der Waals surface area contributed by atoms with Gasteiger partial charge in [0.15, 0.2) is 0 Å². The minimum Gasteiger partial charge on any atom is -0.341 e. The molecule has 0 saturated carbocycles. The summed E-state index contributed by atoms with van der Waals surface area (Å²) in [6, 6.07) is 0.163. The molecule has 2 aliphatic heterocycles. The molecule has 1 saturated heterocycles. The summed E-state index contributed by atoms with van der Waals surface area (Å²) in [7, 11) is 0. The molecule has 2 aliphatic rings. The lowest BCUT2D eigenvalue weighted by molar-refractivity contribution is -0.134. The van der Waals surface area contributed by atoms with Crippen molar-refractivity contribution < 1.29 is 13.6 Å². The molecule has 1 amide bonds. The second kappa shape index (κ2) is 6.86. The predicted octanol–water partition coefficient (Wildman–Crippen LogP) is 1.51. The van der Waals surface area contributed by atoms with Gasteiger partial charge in [-0.25, -0.2) is 18.3 Å². The van der Waals surface area contributed by atoms with Gasteiger partial charge >= 0.3 is 5.69 Å². The van der Waals surface area contributed by atoms with Gasteiger partial charge in [-0.15, -0.1) is 0 Å². The van der Waals surface area contributed by atoms with Crippen molar-refractivity contribution in [3.8, 4) is 0 Å². The molecule has 4 rings (SSSR count). The number of hydrogen-bond donors (Lipinski definition) is 0. The molecule has 144 valence electrons. The van der Waals surface area contributed by atoms with Gasteiger partial charge in [0.2, 0.25) is 5.91 Å². The Morgan fingerprint density at radius 3 is 2.85 bits per heavy atom. The van der Waals surface area contributed by atoms with Crippen LogP contribution in [0.25, 0.3) is 0 Å². The maximum Gasteiger partial charge on any atom is 0.347 e. The number of nitrogens with zero attached hydrogens (tertiary/aromatic N) is 5. The molecule has 7 nitrogen and oxygen atoms in total. The monoisotopic (exact) mass is 377 g/mol. The van der Waals surface area contributed by atoms with E-state index in [2.05, 4.69) is 17.0 Å². The van der Waals surface area contributed by atoms with Crippen LogP contribution in [0.1, 0.15) is 43.7 Å². The molecule has 4 heterocycles. The van der Waals surface area contributed by atoms with Gasteiger partial charge in [0.1, 0.15) is 23.5 Å². The Hall–Kier alpha value is -2.58. The molecule has 0 radical (unpaired) electrons. The Morgan fingerprint density at radius 2 is 2.15 bits per heavy atom. The van der Waals surface area contributed by atoms with E-state index in [1.807, 2.05) is 4.90 Å². The Kier molecular flexibility index (Phi) is 4.53. The standard InChI is InChI=1S/C18H21F2N5O2/c1-11-5-6-23(9-11)17(26)15-3-2-4-16-22-24(18(27)25(15)16)10-14-13(20)7-12(19)8-21-14/h7-8,11,15H,2-6,9-10H2,1H3/t11-,15-/m0/s1. The van der Waals surface area contributed by atoms with E-state index in [0.717, 1.165) is 29.8 Å².